The first-order valence-corrected chi connectivity index (χ1v) is 10.1. The summed E-state index contributed by atoms with van der Waals surface area (Å²) in [6, 6.07) is 7.65. The number of rotatable bonds is 7. The van der Waals surface area contributed by atoms with Crippen LogP contribution in [0.25, 0.3) is 10.2 Å². The predicted molar refractivity (Wildman–Crippen MR) is 95.2 cm³/mol. The Hall–Kier alpha value is -2.30. The third-order valence-electron chi connectivity index (χ3n) is 3.55. The fourth-order valence-electron chi connectivity index (χ4n) is 2.41. The summed E-state index contributed by atoms with van der Waals surface area (Å²) in [6.45, 7) is 3.04. The number of thiazole rings is 1. The number of carbonyl (C=O) groups is 1. The van der Waals surface area contributed by atoms with Crippen molar-refractivity contribution in [3.63, 3.8) is 0 Å². The maximum absolute atomic E-state index is 12.2. The van der Waals surface area contributed by atoms with Crippen molar-refractivity contribution < 1.29 is 22.5 Å². The molecule has 0 saturated carbocycles. The van der Waals surface area contributed by atoms with Gasteiger partial charge in [-0.15, -0.1) is 11.3 Å². The van der Waals surface area contributed by atoms with Crippen molar-refractivity contribution in [1.29, 1.82) is 0 Å². The molecule has 0 unspecified atom stereocenters. The van der Waals surface area contributed by atoms with Crippen molar-refractivity contribution in [2.45, 2.75) is 31.8 Å². The van der Waals surface area contributed by atoms with E-state index in [9.17, 15) is 13.2 Å². The van der Waals surface area contributed by atoms with Gasteiger partial charge in [-0.1, -0.05) is 17.3 Å². The van der Waals surface area contributed by atoms with Crippen molar-refractivity contribution in [2.24, 2.45) is 0 Å². The van der Waals surface area contributed by atoms with E-state index in [1.54, 1.807) is 0 Å². The van der Waals surface area contributed by atoms with Crippen LogP contribution in [0.2, 0.25) is 0 Å². The number of carbonyl (C=O) groups excluding carboxylic acids is 1. The van der Waals surface area contributed by atoms with Gasteiger partial charge in [0, 0.05) is 6.54 Å². The quantitative estimate of drug-likeness (QED) is 0.611. The van der Waals surface area contributed by atoms with Crippen LogP contribution in [0.4, 0.5) is 0 Å². The summed E-state index contributed by atoms with van der Waals surface area (Å²) in [5.74, 6) is -0.306. The summed E-state index contributed by atoms with van der Waals surface area (Å²) in [4.78, 5) is 16.2. The number of fused-ring (bicyclic) bond motifs is 1. The largest absolute Gasteiger partial charge is 0.458 e. The summed E-state index contributed by atoms with van der Waals surface area (Å²) in [5, 5.41) is 4.31. The maximum atomic E-state index is 12.2. The number of para-hydroxylation sites is 1. The standard InChI is InChI=1S/C16H17N3O5S2/c1-10-16(11(2)24-19-10)26(21,22)17-8-7-15(20)23-9-14-18-12-5-3-4-6-13(12)25-14/h3-6,17H,7-9H2,1-2H3. The van der Waals surface area contributed by atoms with E-state index in [0.717, 1.165) is 10.2 Å². The molecule has 1 aromatic carbocycles. The Bertz CT molecular complexity index is 987. The lowest BCUT2D eigenvalue weighted by molar-refractivity contribution is -0.144. The molecule has 2 aromatic heterocycles. The Morgan fingerprint density at radius 3 is 2.77 bits per heavy atom. The van der Waals surface area contributed by atoms with E-state index < -0.39 is 16.0 Å². The second-order valence-electron chi connectivity index (χ2n) is 5.54. The first kappa shape index (κ1) is 18.5. The molecule has 0 saturated heterocycles. The summed E-state index contributed by atoms with van der Waals surface area (Å²) in [5.41, 5.74) is 1.13. The van der Waals surface area contributed by atoms with Crippen molar-refractivity contribution in [3.05, 3.63) is 40.7 Å². The Kier molecular flexibility index (Phi) is 5.35. The van der Waals surface area contributed by atoms with Gasteiger partial charge in [0.15, 0.2) is 5.76 Å². The van der Waals surface area contributed by atoms with E-state index in [2.05, 4.69) is 14.9 Å². The first-order valence-electron chi connectivity index (χ1n) is 7.79. The average molecular weight is 395 g/mol. The topological polar surface area (TPSA) is 111 Å². The van der Waals surface area contributed by atoms with E-state index in [1.807, 2.05) is 24.3 Å². The lowest BCUT2D eigenvalue weighted by Gasteiger charge is -2.06. The molecule has 0 aliphatic carbocycles. The molecule has 0 spiro atoms. The zero-order valence-electron chi connectivity index (χ0n) is 14.2. The lowest BCUT2D eigenvalue weighted by Crippen LogP contribution is -2.27. The van der Waals surface area contributed by atoms with Crippen molar-refractivity contribution in [1.82, 2.24) is 14.9 Å². The molecule has 0 radical (unpaired) electrons. The van der Waals surface area contributed by atoms with E-state index in [-0.39, 0.29) is 35.9 Å². The summed E-state index contributed by atoms with van der Waals surface area (Å²) < 4.78 is 37.8. The van der Waals surface area contributed by atoms with E-state index in [1.165, 1.54) is 25.2 Å². The van der Waals surface area contributed by atoms with Gasteiger partial charge >= 0.3 is 5.97 Å². The number of ether oxygens (including phenoxy) is 1. The number of aryl methyl sites for hydroxylation is 2. The van der Waals surface area contributed by atoms with Crippen LogP contribution in [-0.2, 0) is 26.2 Å². The third-order valence-corrected chi connectivity index (χ3v) is 6.27. The Labute approximate surface area is 154 Å². The fraction of sp³-hybridized carbons (Fsp3) is 0.312. The SMILES string of the molecule is Cc1noc(C)c1S(=O)(=O)NCCC(=O)OCc1nc2ccccc2s1. The Morgan fingerprint density at radius 2 is 2.08 bits per heavy atom. The van der Waals surface area contributed by atoms with Gasteiger partial charge in [-0.2, -0.15) is 0 Å². The molecule has 8 nitrogen and oxygen atoms in total. The minimum atomic E-state index is -3.78. The number of nitrogens with zero attached hydrogens (tertiary/aromatic N) is 2. The molecule has 1 N–H and O–H groups in total. The molecule has 0 aliphatic heterocycles. The van der Waals surface area contributed by atoms with Crippen LogP contribution < -0.4 is 4.72 Å². The van der Waals surface area contributed by atoms with Crippen LogP contribution in [0.1, 0.15) is 22.9 Å². The molecule has 0 bridgehead atoms. The highest BCUT2D eigenvalue weighted by molar-refractivity contribution is 7.89. The van der Waals surface area contributed by atoms with Crippen LogP contribution in [0.15, 0.2) is 33.7 Å². The minimum absolute atomic E-state index is 0.000318. The number of hydrogen-bond acceptors (Lipinski definition) is 8. The number of esters is 1. The smallest absolute Gasteiger partial charge is 0.307 e. The number of sulfonamides is 1. The molecule has 0 atom stereocenters. The van der Waals surface area contributed by atoms with Crippen LogP contribution in [0, 0.1) is 13.8 Å². The van der Waals surface area contributed by atoms with Gasteiger partial charge in [-0.25, -0.2) is 18.1 Å². The zero-order chi connectivity index (χ0) is 18.7. The van der Waals surface area contributed by atoms with Crippen LogP contribution >= 0.6 is 11.3 Å². The van der Waals surface area contributed by atoms with Gasteiger partial charge < -0.3 is 9.26 Å². The molecule has 138 valence electrons. The molecule has 2 heterocycles. The van der Waals surface area contributed by atoms with Gasteiger partial charge in [0.1, 0.15) is 22.2 Å². The van der Waals surface area contributed by atoms with Gasteiger partial charge in [0.2, 0.25) is 10.0 Å². The lowest BCUT2D eigenvalue weighted by atomic mass is 10.3. The molecule has 0 fully saturated rings. The monoisotopic (exact) mass is 395 g/mol. The van der Waals surface area contributed by atoms with Gasteiger partial charge in [-0.05, 0) is 26.0 Å². The number of benzene rings is 1. The molecule has 3 rings (SSSR count). The summed E-state index contributed by atoms with van der Waals surface area (Å²) >= 11 is 1.45. The molecule has 0 aliphatic rings. The van der Waals surface area contributed by atoms with Crippen LogP contribution in [0.5, 0.6) is 0 Å². The highest BCUT2D eigenvalue weighted by Gasteiger charge is 2.24. The minimum Gasteiger partial charge on any atom is -0.458 e. The first-order chi connectivity index (χ1) is 12.4. The highest BCUT2D eigenvalue weighted by atomic mass is 32.2. The predicted octanol–water partition coefficient (Wildman–Crippen LogP) is 2.31. The van der Waals surface area contributed by atoms with Crippen molar-refractivity contribution in [3.8, 4) is 0 Å². The molecule has 3 aromatic rings. The van der Waals surface area contributed by atoms with E-state index in [4.69, 9.17) is 9.26 Å². The van der Waals surface area contributed by atoms with E-state index >= 15 is 0 Å². The number of nitrogens with one attached hydrogen (secondary N) is 1. The third kappa shape index (κ3) is 4.09. The van der Waals surface area contributed by atoms with Crippen molar-refractivity contribution in [2.75, 3.05) is 6.54 Å². The van der Waals surface area contributed by atoms with Crippen LogP contribution in [-0.4, -0.2) is 31.1 Å². The number of aromatic nitrogens is 2. The van der Waals surface area contributed by atoms with Gasteiger partial charge in [0.05, 0.1) is 16.6 Å². The normalized spacial score (nSPS) is 11.8. The maximum Gasteiger partial charge on any atom is 0.307 e. The van der Waals surface area contributed by atoms with Crippen molar-refractivity contribution >= 4 is 37.5 Å². The second kappa shape index (κ2) is 7.52. The summed E-state index contributed by atoms with van der Waals surface area (Å²) in [7, 11) is -3.78. The second-order valence-corrected chi connectivity index (χ2v) is 8.36. The van der Waals surface area contributed by atoms with E-state index in [0.29, 0.717) is 5.01 Å². The Balaban J connectivity index is 1.50. The highest BCUT2D eigenvalue weighted by Crippen LogP contribution is 2.22. The Morgan fingerprint density at radius 1 is 1.31 bits per heavy atom. The van der Waals surface area contributed by atoms with Gasteiger partial charge in [-0.3, -0.25) is 4.79 Å². The molecule has 26 heavy (non-hydrogen) atoms. The molecular formula is C16H17N3O5S2. The molecular weight excluding hydrogens is 378 g/mol. The fourth-order valence-corrected chi connectivity index (χ4v) is 4.65. The average Bonchev–Trinajstić information content (AvgIpc) is 3.15. The molecule has 0 amide bonds. The molecule has 10 heteroatoms. The van der Waals surface area contributed by atoms with Crippen LogP contribution in [0.3, 0.4) is 0 Å². The zero-order valence-corrected chi connectivity index (χ0v) is 15.8. The number of hydrogen-bond donors (Lipinski definition) is 1. The van der Waals surface area contributed by atoms with Gasteiger partial charge in [0.25, 0.3) is 0 Å². The summed E-state index contributed by atoms with van der Waals surface area (Å²) in [6.07, 6.45) is -0.0898.